The molecule has 0 unspecified atom stereocenters. The Morgan fingerprint density at radius 2 is 1.68 bits per heavy atom. The molecule has 0 spiro atoms. The number of aliphatic hydroxyl groups excluding tert-OH is 1. The maximum atomic E-state index is 12.3. The number of hydrogen-bond acceptors (Lipinski definition) is 6. The minimum atomic E-state index is -2.81. The Balaban J connectivity index is 1.18. The van der Waals surface area contributed by atoms with Gasteiger partial charge in [0.05, 0.1) is 6.10 Å². The molecule has 8 heteroatoms. The fourth-order valence-electron chi connectivity index (χ4n) is 4.90. The second-order valence-corrected chi connectivity index (χ2v) is 8.45. The van der Waals surface area contributed by atoms with Gasteiger partial charge in [0.25, 0.3) is 0 Å². The summed E-state index contributed by atoms with van der Waals surface area (Å²) in [6, 6.07) is 12.3. The number of ether oxygens (including phenoxy) is 4. The molecule has 5 rings (SSSR count). The van der Waals surface area contributed by atoms with Gasteiger partial charge in [-0.05, 0) is 54.5 Å². The van der Waals surface area contributed by atoms with Gasteiger partial charge in [-0.2, -0.15) is 8.78 Å². The van der Waals surface area contributed by atoms with Gasteiger partial charge in [0.1, 0.15) is 17.6 Å². The largest absolute Gasteiger partial charge is 0.488 e. The smallest absolute Gasteiger partial charge is 0.387 e. The Labute approximate surface area is 179 Å². The topological polar surface area (TPSA) is 60.4 Å². The average Bonchev–Trinajstić information content (AvgIpc) is 3.35. The molecule has 6 nitrogen and oxygen atoms in total. The molecule has 1 saturated heterocycles. The Kier molecular flexibility index (Phi) is 5.58. The zero-order valence-electron chi connectivity index (χ0n) is 17.0. The average molecular weight is 433 g/mol. The third-order valence-electron chi connectivity index (χ3n) is 6.35. The van der Waals surface area contributed by atoms with Crippen LogP contribution in [0.2, 0.25) is 0 Å². The first kappa shape index (κ1) is 20.3. The molecule has 0 bridgehead atoms. The van der Waals surface area contributed by atoms with Crippen LogP contribution < -0.4 is 18.9 Å². The van der Waals surface area contributed by atoms with E-state index in [0.29, 0.717) is 35.5 Å². The van der Waals surface area contributed by atoms with Crippen molar-refractivity contribution in [1.82, 2.24) is 4.90 Å². The minimum Gasteiger partial charge on any atom is -0.488 e. The first-order chi connectivity index (χ1) is 15.0. The summed E-state index contributed by atoms with van der Waals surface area (Å²) in [5, 5.41) is 10.7. The molecular weight excluding hydrogens is 408 g/mol. The summed E-state index contributed by atoms with van der Waals surface area (Å²) in [4.78, 5) is 2.36. The molecule has 0 aromatic heterocycles. The molecule has 2 aromatic rings. The highest BCUT2D eigenvalue weighted by molar-refractivity contribution is 5.47. The van der Waals surface area contributed by atoms with Crippen LogP contribution in [0.4, 0.5) is 8.78 Å². The fraction of sp³-hybridized carbons (Fsp3) is 0.478. The van der Waals surface area contributed by atoms with E-state index >= 15 is 0 Å². The molecule has 2 aromatic carbocycles. The number of benzene rings is 2. The van der Waals surface area contributed by atoms with Gasteiger partial charge in [-0.15, -0.1) is 0 Å². The van der Waals surface area contributed by atoms with E-state index in [1.165, 1.54) is 0 Å². The van der Waals surface area contributed by atoms with Crippen molar-refractivity contribution < 1.29 is 32.8 Å². The lowest BCUT2D eigenvalue weighted by Crippen LogP contribution is -2.42. The van der Waals surface area contributed by atoms with E-state index in [-0.39, 0.29) is 18.6 Å². The highest BCUT2D eigenvalue weighted by atomic mass is 19.3. The van der Waals surface area contributed by atoms with Gasteiger partial charge < -0.3 is 24.1 Å². The number of rotatable bonds is 6. The molecule has 1 N–H and O–H groups in total. The third kappa shape index (κ3) is 4.55. The van der Waals surface area contributed by atoms with Crippen molar-refractivity contribution in [3.8, 4) is 23.0 Å². The lowest BCUT2D eigenvalue weighted by atomic mass is 9.78. The van der Waals surface area contributed by atoms with Gasteiger partial charge in [-0.3, -0.25) is 4.90 Å². The van der Waals surface area contributed by atoms with Gasteiger partial charge in [0.2, 0.25) is 6.79 Å². The molecule has 2 aliphatic heterocycles. The number of aliphatic hydroxyl groups is 1. The van der Waals surface area contributed by atoms with E-state index in [9.17, 15) is 13.9 Å². The van der Waals surface area contributed by atoms with E-state index in [1.807, 2.05) is 30.3 Å². The molecule has 31 heavy (non-hydrogen) atoms. The number of nitrogens with zero attached hydrogens (tertiary/aromatic N) is 1. The molecule has 2 fully saturated rings. The van der Waals surface area contributed by atoms with Crippen LogP contribution in [0.5, 0.6) is 23.0 Å². The molecule has 3 aliphatic rings. The number of fused-ring (bicyclic) bond motifs is 2. The standard InChI is InChI=1S/C23H25F2NO5/c24-23(25)31-17-3-1-14(2-4-17)10-26-11-15-7-19(27)21(8-16(15)12-26)30-18-5-6-20-22(9-18)29-13-28-20/h1-6,9,15-16,19,21,23,27H,7-8,10-13H2/t15-,16+,19+,21+/m0/s1. The summed E-state index contributed by atoms with van der Waals surface area (Å²) in [5.41, 5.74) is 1.05. The maximum Gasteiger partial charge on any atom is 0.387 e. The zero-order valence-corrected chi connectivity index (χ0v) is 17.0. The summed E-state index contributed by atoms with van der Waals surface area (Å²) in [6.45, 7) is -0.0219. The Bertz CT molecular complexity index is 909. The van der Waals surface area contributed by atoms with Gasteiger partial charge in [-0.1, -0.05) is 12.1 Å². The van der Waals surface area contributed by atoms with E-state index in [2.05, 4.69) is 9.64 Å². The maximum absolute atomic E-state index is 12.3. The molecule has 4 atom stereocenters. The Hall–Kier alpha value is -2.58. The second kappa shape index (κ2) is 8.51. The van der Waals surface area contributed by atoms with Gasteiger partial charge in [0.15, 0.2) is 11.5 Å². The lowest BCUT2D eigenvalue weighted by Gasteiger charge is -2.35. The highest BCUT2D eigenvalue weighted by Crippen LogP contribution is 2.40. The summed E-state index contributed by atoms with van der Waals surface area (Å²) in [6.07, 6.45) is 0.722. The van der Waals surface area contributed by atoms with Crippen LogP contribution in [0.15, 0.2) is 42.5 Å². The van der Waals surface area contributed by atoms with E-state index < -0.39 is 12.7 Å². The summed E-state index contributed by atoms with van der Waals surface area (Å²) in [7, 11) is 0. The van der Waals surface area contributed by atoms with E-state index in [4.69, 9.17) is 14.2 Å². The van der Waals surface area contributed by atoms with Crippen molar-refractivity contribution in [3.63, 3.8) is 0 Å². The van der Waals surface area contributed by atoms with Gasteiger partial charge in [-0.25, -0.2) is 0 Å². The molecule has 1 aliphatic carbocycles. The van der Waals surface area contributed by atoms with Crippen LogP contribution in [0, 0.1) is 11.8 Å². The molecule has 166 valence electrons. The number of alkyl halides is 2. The Morgan fingerprint density at radius 1 is 0.968 bits per heavy atom. The van der Waals surface area contributed by atoms with Crippen LogP contribution in [0.3, 0.4) is 0 Å². The fourth-order valence-corrected chi connectivity index (χ4v) is 4.90. The van der Waals surface area contributed by atoms with E-state index in [0.717, 1.165) is 31.6 Å². The predicted molar refractivity (Wildman–Crippen MR) is 108 cm³/mol. The van der Waals surface area contributed by atoms with Crippen LogP contribution in [0.1, 0.15) is 18.4 Å². The summed E-state index contributed by atoms with van der Waals surface area (Å²) in [5.74, 6) is 3.08. The Morgan fingerprint density at radius 3 is 2.45 bits per heavy atom. The first-order valence-electron chi connectivity index (χ1n) is 10.5. The van der Waals surface area contributed by atoms with Gasteiger partial charge >= 0.3 is 6.61 Å². The van der Waals surface area contributed by atoms with Crippen LogP contribution >= 0.6 is 0 Å². The first-order valence-corrected chi connectivity index (χ1v) is 10.5. The SMILES string of the molecule is O[C@@H]1C[C@H]2CN(Cc3ccc(OC(F)F)cc3)C[C@H]2C[C@H]1Oc1ccc2c(c1)OCO2. The van der Waals surface area contributed by atoms with E-state index in [1.54, 1.807) is 12.1 Å². The number of likely N-dealkylation sites (tertiary alicyclic amines) is 1. The van der Waals surface area contributed by atoms with Crippen molar-refractivity contribution in [1.29, 1.82) is 0 Å². The molecule has 1 saturated carbocycles. The van der Waals surface area contributed by atoms with Crippen molar-refractivity contribution in [2.24, 2.45) is 11.8 Å². The third-order valence-corrected chi connectivity index (χ3v) is 6.35. The van der Waals surface area contributed by atoms with Crippen molar-refractivity contribution >= 4 is 0 Å². The summed E-state index contributed by atoms with van der Waals surface area (Å²) < 4.78 is 45.9. The van der Waals surface area contributed by atoms with Crippen molar-refractivity contribution in [3.05, 3.63) is 48.0 Å². The molecule has 0 radical (unpaired) electrons. The number of halogens is 2. The number of hydrogen-bond donors (Lipinski definition) is 1. The monoisotopic (exact) mass is 433 g/mol. The van der Waals surface area contributed by atoms with Crippen molar-refractivity contribution in [2.45, 2.75) is 38.2 Å². The molecule has 2 heterocycles. The van der Waals surface area contributed by atoms with Crippen LogP contribution in [-0.2, 0) is 6.54 Å². The second-order valence-electron chi connectivity index (χ2n) is 8.45. The van der Waals surface area contributed by atoms with Crippen LogP contribution in [-0.4, -0.2) is 48.7 Å². The predicted octanol–water partition coefficient (Wildman–Crippen LogP) is 3.67. The molecular formula is C23H25F2NO5. The highest BCUT2D eigenvalue weighted by Gasteiger charge is 2.42. The van der Waals surface area contributed by atoms with Crippen molar-refractivity contribution in [2.75, 3.05) is 19.9 Å². The minimum absolute atomic E-state index is 0.167. The van der Waals surface area contributed by atoms with Gasteiger partial charge in [0, 0.05) is 25.7 Å². The molecule has 0 amide bonds. The quantitative estimate of drug-likeness (QED) is 0.750. The lowest BCUT2D eigenvalue weighted by molar-refractivity contribution is -0.0498. The van der Waals surface area contributed by atoms with Crippen LogP contribution in [0.25, 0.3) is 0 Å². The normalized spacial score (nSPS) is 27.4. The summed E-state index contributed by atoms with van der Waals surface area (Å²) >= 11 is 0. The zero-order chi connectivity index (χ0) is 21.4.